The fourth-order valence-corrected chi connectivity index (χ4v) is 1.79. The molecule has 0 amide bonds. The lowest BCUT2D eigenvalue weighted by atomic mass is 10.3. The summed E-state index contributed by atoms with van der Waals surface area (Å²) in [5, 5.41) is 3.31. The third kappa shape index (κ3) is 6.35. The quantitative estimate of drug-likeness (QED) is 0.672. The molecule has 1 aromatic rings. The highest BCUT2D eigenvalue weighted by molar-refractivity contribution is 5.47. The average Bonchev–Trinajstić information content (AvgIpc) is 2.34. The van der Waals surface area contributed by atoms with E-state index in [0.717, 1.165) is 37.7 Å². The van der Waals surface area contributed by atoms with Crippen molar-refractivity contribution in [3.05, 3.63) is 12.4 Å². The summed E-state index contributed by atoms with van der Waals surface area (Å²) in [7, 11) is 6.14. The molecule has 108 valence electrons. The smallest absolute Gasteiger partial charge is 0.133 e. The average molecular weight is 266 g/mol. The van der Waals surface area contributed by atoms with E-state index in [1.165, 1.54) is 0 Å². The predicted octanol–water partition coefficient (Wildman–Crippen LogP) is 0.624. The Kier molecular flexibility index (Phi) is 6.52. The van der Waals surface area contributed by atoms with Gasteiger partial charge in [0.1, 0.15) is 18.0 Å². The highest BCUT2D eigenvalue weighted by Crippen LogP contribution is 2.12. The second-order valence-corrected chi connectivity index (χ2v) is 5.20. The van der Waals surface area contributed by atoms with Crippen molar-refractivity contribution in [1.29, 1.82) is 0 Å². The van der Waals surface area contributed by atoms with Crippen molar-refractivity contribution >= 4 is 11.6 Å². The van der Waals surface area contributed by atoms with Crippen LogP contribution in [0.4, 0.5) is 11.6 Å². The van der Waals surface area contributed by atoms with Gasteiger partial charge in [0.2, 0.25) is 0 Å². The van der Waals surface area contributed by atoms with Crippen molar-refractivity contribution in [2.45, 2.75) is 19.4 Å². The molecule has 0 aliphatic carbocycles. The maximum atomic E-state index is 5.79. The van der Waals surface area contributed by atoms with Crippen LogP contribution in [0.3, 0.4) is 0 Å². The topological polar surface area (TPSA) is 70.3 Å². The summed E-state index contributed by atoms with van der Waals surface area (Å²) >= 11 is 0. The first-order valence-electron chi connectivity index (χ1n) is 6.66. The molecule has 1 aromatic heterocycles. The zero-order valence-electron chi connectivity index (χ0n) is 12.4. The molecule has 6 nitrogen and oxygen atoms in total. The van der Waals surface area contributed by atoms with Gasteiger partial charge in [-0.1, -0.05) is 0 Å². The van der Waals surface area contributed by atoms with E-state index in [4.69, 9.17) is 5.73 Å². The minimum absolute atomic E-state index is 0.122. The van der Waals surface area contributed by atoms with Crippen LogP contribution < -0.4 is 16.0 Å². The summed E-state index contributed by atoms with van der Waals surface area (Å²) in [5.41, 5.74) is 5.79. The Bertz CT molecular complexity index is 366. The first kappa shape index (κ1) is 15.7. The summed E-state index contributed by atoms with van der Waals surface area (Å²) in [4.78, 5) is 12.7. The number of hydrogen-bond acceptors (Lipinski definition) is 6. The Hall–Kier alpha value is -1.40. The fourth-order valence-electron chi connectivity index (χ4n) is 1.79. The lowest BCUT2D eigenvalue weighted by molar-refractivity contribution is 0.405. The molecule has 19 heavy (non-hydrogen) atoms. The van der Waals surface area contributed by atoms with Crippen LogP contribution >= 0.6 is 0 Å². The Morgan fingerprint density at radius 2 is 2.05 bits per heavy atom. The maximum Gasteiger partial charge on any atom is 0.133 e. The number of anilines is 2. The number of rotatable bonds is 8. The molecule has 0 aliphatic rings. The molecule has 1 atom stereocenters. The predicted molar refractivity (Wildman–Crippen MR) is 80.6 cm³/mol. The third-order valence-electron chi connectivity index (χ3n) is 2.69. The Morgan fingerprint density at radius 3 is 2.68 bits per heavy atom. The zero-order chi connectivity index (χ0) is 14.3. The molecular weight excluding hydrogens is 240 g/mol. The van der Waals surface area contributed by atoms with E-state index in [1.54, 1.807) is 6.33 Å². The fraction of sp³-hybridized carbons (Fsp3) is 0.692. The summed E-state index contributed by atoms with van der Waals surface area (Å²) in [6, 6.07) is 2.08. The lowest BCUT2D eigenvalue weighted by Gasteiger charge is -2.20. The van der Waals surface area contributed by atoms with Crippen LogP contribution in [0.1, 0.15) is 13.3 Å². The van der Waals surface area contributed by atoms with Gasteiger partial charge in [0.05, 0.1) is 0 Å². The molecule has 1 unspecified atom stereocenters. The highest BCUT2D eigenvalue weighted by atomic mass is 15.2. The molecule has 1 rings (SSSR count). The second kappa shape index (κ2) is 7.91. The lowest BCUT2D eigenvalue weighted by Crippen LogP contribution is -2.33. The molecule has 0 bridgehead atoms. The molecule has 0 saturated carbocycles. The molecule has 1 heterocycles. The molecule has 6 heteroatoms. The first-order chi connectivity index (χ1) is 8.99. The van der Waals surface area contributed by atoms with Gasteiger partial charge in [0.25, 0.3) is 0 Å². The van der Waals surface area contributed by atoms with Crippen molar-refractivity contribution in [3.8, 4) is 0 Å². The van der Waals surface area contributed by atoms with Crippen LogP contribution in [0.2, 0.25) is 0 Å². The SMILES string of the molecule is CC(N)CN(C)c1cc(NCCCN(C)C)ncn1. The minimum Gasteiger partial charge on any atom is -0.370 e. The van der Waals surface area contributed by atoms with Crippen molar-refractivity contribution < 1.29 is 0 Å². The van der Waals surface area contributed by atoms with Gasteiger partial charge in [0.15, 0.2) is 0 Å². The Labute approximate surface area is 116 Å². The molecule has 0 aliphatic heterocycles. The molecule has 3 N–H and O–H groups in total. The van der Waals surface area contributed by atoms with Crippen molar-refractivity contribution in [2.24, 2.45) is 5.73 Å². The standard InChI is InChI=1S/C13H26N6/c1-11(14)9-19(4)13-8-12(16-10-17-13)15-6-5-7-18(2)3/h8,10-11H,5-7,9,14H2,1-4H3,(H,15,16,17). The molecule has 0 saturated heterocycles. The van der Waals surface area contributed by atoms with Gasteiger partial charge >= 0.3 is 0 Å². The number of hydrogen-bond donors (Lipinski definition) is 2. The minimum atomic E-state index is 0.122. The number of nitrogens with one attached hydrogen (secondary N) is 1. The summed E-state index contributed by atoms with van der Waals surface area (Å²) in [5.74, 6) is 1.75. The Morgan fingerprint density at radius 1 is 1.32 bits per heavy atom. The van der Waals surface area contributed by atoms with Crippen LogP contribution in [-0.4, -0.2) is 61.7 Å². The van der Waals surface area contributed by atoms with E-state index in [0.29, 0.717) is 0 Å². The highest BCUT2D eigenvalue weighted by Gasteiger charge is 2.06. The van der Waals surface area contributed by atoms with Gasteiger partial charge in [-0.05, 0) is 34.0 Å². The summed E-state index contributed by atoms with van der Waals surface area (Å²) in [6.07, 6.45) is 2.67. The van der Waals surface area contributed by atoms with Gasteiger partial charge < -0.3 is 20.9 Å². The normalized spacial score (nSPS) is 12.5. The van der Waals surface area contributed by atoms with Crippen LogP contribution in [-0.2, 0) is 0 Å². The van der Waals surface area contributed by atoms with Gasteiger partial charge in [-0.3, -0.25) is 0 Å². The molecule has 0 fully saturated rings. The largest absolute Gasteiger partial charge is 0.370 e. The second-order valence-electron chi connectivity index (χ2n) is 5.20. The Balaban J connectivity index is 2.47. The number of likely N-dealkylation sites (N-methyl/N-ethyl adjacent to an activating group) is 1. The van der Waals surface area contributed by atoms with Crippen molar-refractivity contribution in [3.63, 3.8) is 0 Å². The van der Waals surface area contributed by atoms with Gasteiger partial charge in [-0.25, -0.2) is 9.97 Å². The van der Waals surface area contributed by atoms with Crippen molar-refractivity contribution in [1.82, 2.24) is 14.9 Å². The van der Waals surface area contributed by atoms with E-state index in [2.05, 4.69) is 34.3 Å². The maximum absolute atomic E-state index is 5.79. The number of aromatic nitrogens is 2. The number of nitrogens with two attached hydrogens (primary N) is 1. The van der Waals surface area contributed by atoms with Gasteiger partial charge in [0, 0.05) is 32.2 Å². The zero-order valence-corrected chi connectivity index (χ0v) is 12.4. The van der Waals surface area contributed by atoms with E-state index in [-0.39, 0.29) is 6.04 Å². The number of nitrogens with zero attached hydrogens (tertiary/aromatic N) is 4. The monoisotopic (exact) mass is 266 g/mol. The van der Waals surface area contributed by atoms with Crippen molar-refractivity contribution in [2.75, 3.05) is 51.0 Å². The van der Waals surface area contributed by atoms with Gasteiger partial charge in [-0.2, -0.15) is 0 Å². The van der Waals surface area contributed by atoms with E-state index in [9.17, 15) is 0 Å². The summed E-state index contributed by atoms with van der Waals surface area (Å²) in [6.45, 7) is 4.73. The third-order valence-corrected chi connectivity index (χ3v) is 2.69. The van der Waals surface area contributed by atoms with Crippen LogP contribution in [0.15, 0.2) is 12.4 Å². The van der Waals surface area contributed by atoms with E-state index < -0.39 is 0 Å². The molecular formula is C13H26N6. The van der Waals surface area contributed by atoms with Crippen LogP contribution in [0, 0.1) is 0 Å². The van der Waals surface area contributed by atoms with E-state index >= 15 is 0 Å². The molecule has 0 aromatic carbocycles. The molecule has 0 radical (unpaired) electrons. The molecule has 0 spiro atoms. The van der Waals surface area contributed by atoms with Crippen LogP contribution in [0.25, 0.3) is 0 Å². The van der Waals surface area contributed by atoms with Gasteiger partial charge in [-0.15, -0.1) is 0 Å². The first-order valence-corrected chi connectivity index (χ1v) is 6.66. The van der Waals surface area contributed by atoms with Crippen LogP contribution in [0.5, 0.6) is 0 Å². The summed E-state index contributed by atoms with van der Waals surface area (Å²) < 4.78 is 0. The van der Waals surface area contributed by atoms with E-state index in [1.807, 2.05) is 24.9 Å².